The molecule has 2 aliphatic rings. The van der Waals surface area contributed by atoms with Gasteiger partial charge in [-0.05, 0) is 73.6 Å². The second-order valence-corrected chi connectivity index (χ2v) is 9.61. The predicted molar refractivity (Wildman–Crippen MR) is 142 cm³/mol. The number of nitrogens with zero attached hydrogens (tertiary/aromatic N) is 1. The molecule has 2 aliphatic heterocycles. The van der Waals surface area contributed by atoms with E-state index in [1.807, 2.05) is 42.2 Å². The van der Waals surface area contributed by atoms with Crippen molar-refractivity contribution in [1.29, 1.82) is 0 Å². The maximum Gasteiger partial charge on any atom is 0.236 e. The van der Waals surface area contributed by atoms with Gasteiger partial charge in [-0.3, -0.25) is 9.69 Å². The molecule has 0 radical (unpaired) electrons. The second kappa shape index (κ2) is 9.06. The Kier molecular flexibility index (Phi) is 6.07. The molecular formula is C27H26ClN3O3S. The molecule has 0 spiro atoms. The number of anilines is 2. The number of fused-ring (bicyclic) bond motifs is 4. The van der Waals surface area contributed by atoms with Crippen LogP contribution in [0.25, 0.3) is 0 Å². The normalized spacial score (nSPS) is 22.5. The highest BCUT2D eigenvalue weighted by atomic mass is 35.5. The monoisotopic (exact) mass is 507 g/mol. The minimum atomic E-state index is -1.13. The summed E-state index contributed by atoms with van der Waals surface area (Å²) < 4.78 is 12.3. The van der Waals surface area contributed by atoms with Gasteiger partial charge in [-0.2, -0.15) is 0 Å². The van der Waals surface area contributed by atoms with Gasteiger partial charge in [0.25, 0.3) is 0 Å². The first-order chi connectivity index (χ1) is 16.9. The summed E-state index contributed by atoms with van der Waals surface area (Å²) in [7, 11) is 1.61. The molecule has 2 heterocycles. The van der Waals surface area contributed by atoms with Crippen molar-refractivity contribution >= 4 is 46.2 Å². The largest absolute Gasteiger partial charge is 0.493 e. The lowest BCUT2D eigenvalue weighted by Crippen LogP contribution is -2.72. The fourth-order valence-electron chi connectivity index (χ4n) is 4.95. The van der Waals surface area contributed by atoms with E-state index in [0.717, 1.165) is 17.7 Å². The number of benzene rings is 3. The van der Waals surface area contributed by atoms with Crippen LogP contribution in [0.4, 0.5) is 11.4 Å². The quantitative estimate of drug-likeness (QED) is 0.431. The number of amides is 1. The molecule has 0 aromatic heterocycles. The van der Waals surface area contributed by atoms with Crippen LogP contribution in [0, 0.1) is 5.92 Å². The maximum atomic E-state index is 13.9. The van der Waals surface area contributed by atoms with Crippen molar-refractivity contribution in [2.75, 3.05) is 17.3 Å². The summed E-state index contributed by atoms with van der Waals surface area (Å²) in [6.45, 7) is 4.01. The third kappa shape index (κ3) is 3.98. The summed E-state index contributed by atoms with van der Waals surface area (Å²) in [6, 6.07) is 20.4. The summed E-state index contributed by atoms with van der Waals surface area (Å²) in [5, 5.41) is 7.55. The van der Waals surface area contributed by atoms with Gasteiger partial charge in [-0.1, -0.05) is 42.8 Å². The SMILES string of the molecule is CCc1ccc(N2C(=S)N[C@@H]3c4cccc(OC)c4O[C@@]2(C)[C@@H]3C(=O)Nc2ccc(Cl)cc2)cc1. The first-order valence-electron chi connectivity index (χ1n) is 11.5. The second-order valence-electron chi connectivity index (χ2n) is 8.79. The van der Waals surface area contributed by atoms with E-state index in [-0.39, 0.29) is 5.91 Å². The number of ether oxygens (including phenoxy) is 2. The van der Waals surface area contributed by atoms with Crippen LogP contribution in [0.1, 0.15) is 31.0 Å². The Bertz CT molecular complexity index is 1280. The van der Waals surface area contributed by atoms with Gasteiger partial charge in [-0.15, -0.1) is 0 Å². The highest BCUT2D eigenvalue weighted by Crippen LogP contribution is 2.52. The van der Waals surface area contributed by atoms with Gasteiger partial charge in [0.2, 0.25) is 5.91 Å². The van der Waals surface area contributed by atoms with Crippen molar-refractivity contribution in [2.45, 2.75) is 32.0 Å². The number of hydrogen-bond acceptors (Lipinski definition) is 4. The van der Waals surface area contributed by atoms with Crippen molar-refractivity contribution < 1.29 is 14.3 Å². The van der Waals surface area contributed by atoms with E-state index in [0.29, 0.717) is 27.3 Å². The van der Waals surface area contributed by atoms with Crippen molar-refractivity contribution in [3.63, 3.8) is 0 Å². The Morgan fingerprint density at radius 3 is 2.54 bits per heavy atom. The van der Waals surface area contributed by atoms with Crippen LogP contribution in [0.3, 0.4) is 0 Å². The molecule has 0 unspecified atom stereocenters. The first-order valence-corrected chi connectivity index (χ1v) is 12.3. The average Bonchev–Trinajstić information content (AvgIpc) is 2.85. The van der Waals surface area contributed by atoms with Crippen LogP contribution in [-0.4, -0.2) is 23.9 Å². The summed E-state index contributed by atoms with van der Waals surface area (Å²) in [4.78, 5) is 15.7. The molecule has 1 saturated heterocycles. The number of carbonyl (C=O) groups excluding carboxylic acids is 1. The Morgan fingerprint density at radius 2 is 1.89 bits per heavy atom. The van der Waals surface area contributed by atoms with Crippen LogP contribution < -0.4 is 25.0 Å². The van der Waals surface area contributed by atoms with Crippen LogP contribution >= 0.6 is 23.8 Å². The lowest BCUT2D eigenvalue weighted by molar-refractivity contribution is -0.130. The first kappa shape index (κ1) is 23.5. The molecule has 0 saturated carbocycles. The molecule has 6 nitrogen and oxygen atoms in total. The van der Waals surface area contributed by atoms with Gasteiger partial charge in [0.1, 0.15) is 5.92 Å². The van der Waals surface area contributed by atoms with Gasteiger partial charge >= 0.3 is 0 Å². The van der Waals surface area contributed by atoms with Gasteiger partial charge in [0, 0.05) is 22.0 Å². The summed E-state index contributed by atoms with van der Waals surface area (Å²) >= 11 is 11.9. The molecule has 1 amide bonds. The number of nitrogens with one attached hydrogen (secondary N) is 2. The van der Waals surface area contributed by atoms with Crippen LogP contribution in [-0.2, 0) is 11.2 Å². The Morgan fingerprint density at radius 1 is 1.17 bits per heavy atom. The number of carbonyl (C=O) groups is 1. The molecule has 3 aromatic rings. The van der Waals surface area contributed by atoms with E-state index in [4.69, 9.17) is 33.3 Å². The molecule has 5 rings (SSSR count). The fraction of sp³-hybridized carbons (Fsp3) is 0.259. The van der Waals surface area contributed by atoms with E-state index < -0.39 is 17.7 Å². The molecule has 180 valence electrons. The number of hydrogen-bond donors (Lipinski definition) is 2. The van der Waals surface area contributed by atoms with Crippen LogP contribution in [0.15, 0.2) is 66.7 Å². The Hall–Kier alpha value is -3.29. The molecule has 0 aliphatic carbocycles. The molecular weight excluding hydrogens is 482 g/mol. The highest BCUT2D eigenvalue weighted by molar-refractivity contribution is 7.80. The van der Waals surface area contributed by atoms with Gasteiger partial charge in [0.15, 0.2) is 22.3 Å². The maximum absolute atomic E-state index is 13.9. The van der Waals surface area contributed by atoms with Crippen molar-refractivity contribution in [1.82, 2.24) is 5.32 Å². The number of aryl methyl sites for hydroxylation is 1. The van der Waals surface area contributed by atoms with E-state index >= 15 is 0 Å². The van der Waals surface area contributed by atoms with Crippen molar-refractivity contribution in [3.8, 4) is 11.5 Å². The minimum Gasteiger partial charge on any atom is -0.493 e. The number of thiocarbonyl (C=S) groups is 1. The van der Waals surface area contributed by atoms with E-state index in [1.54, 1.807) is 31.4 Å². The third-order valence-electron chi connectivity index (χ3n) is 6.71. The number of para-hydroxylation sites is 1. The number of rotatable bonds is 5. The highest BCUT2D eigenvalue weighted by Gasteiger charge is 2.59. The van der Waals surface area contributed by atoms with E-state index in [1.165, 1.54) is 5.56 Å². The molecule has 2 bridgehead atoms. The number of halogens is 1. The topological polar surface area (TPSA) is 62.8 Å². The smallest absolute Gasteiger partial charge is 0.236 e. The molecule has 3 atom stereocenters. The van der Waals surface area contributed by atoms with Gasteiger partial charge in [-0.25, -0.2) is 0 Å². The summed E-state index contributed by atoms with van der Waals surface area (Å²) in [6.07, 6.45) is 0.926. The van der Waals surface area contributed by atoms with E-state index in [9.17, 15) is 4.79 Å². The molecule has 1 fully saturated rings. The lowest BCUT2D eigenvalue weighted by atomic mass is 9.78. The van der Waals surface area contributed by atoms with Crippen LogP contribution in [0.2, 0.25) is 5.02 Å². The summed E-state index contributed by atoms with van der Waals surface area (Å²) in [5.74, 6) is 0.364. The molecule has 35 heavy (non-hydrogen) atoms. The Labute approximate surface area is 215 Å². The zero-order valence-electron chi connectivity index (χ0n) is 19.7. The third-order valence-corrected chi connectivity index (χ3v) is 7.26. The zero-order valence-corrected chi connectivity index (χ0v) is 21.2. The predicted octanol–water partition coefficient (Wildman–Crippen LogP) is 5.71. The van der Waals surface area contributed by atoms with Gasteiger partial charge in [0.05, 0.1) is 13.2 Å². The fourth-order valence-corrected chi connectivity index (χ4v) is 5.49. The minimum absolute atomic E-state index is 0.196. The average molecular weight is 508 g/mol. The molecule has 3 aromatic carbocycles. The number of methoxy groups -OCH3 is 1. The van der Waals surface area contributed by atoms with Crippen LogP contribution in [0.5, 0.6) is 11.5 Å². The Balaban J connectivity index is 1.62. The lowest BCUT2D eigenvalue weighted by Gasteiger charge is -2.56. The standard InChI is InChI=1S/C27H26ClN3O3S/c1-4-16-8-14-19(15-9-16)31-26(35)30-23-20-6-5-7-21(33-3)24(20)34-27(31,2)22(23)25(32)29-18-12-10-17(28)11-13-18/h5-15,22-23H,4H2,1-3H3,(H,29,32)(H,30,35)/t22-,23+,27-/m0/s1. The summed E-state index contributed by atoms with van der Waals surface area (Å²) in [5.41, 5.74) is 2.39. The van der Waals surface area contributed by atoms with E-state index in [2.05, 4.69) is 29.7 Å². The van der Waals surface area contributed by atoms with Crippen molar-refractivity contribution in [3.05, 3.63) is 82.9 Å². The van der Waals surface area contributed by atoms with Crippen molar-refractivity contribution in [2.24, 2.45) is 5.92 Å². The molecule has 2 N–H and O–H groups in total. The van der Waals surface area contributed by atoms with Gasteiger partial charge < -0.3 is 20.1 Å². The molecule has 8 heteroatoms. The zero-order chi connectivity index (χ0) is 24.7.